The van der Waals surface area contributed by atoms with Crippen LogP contribution in [0.15, 0.2) is 36.1 Å². The molecule has 2 aromatic rings. The summed E-state index contributed by atoms with van der Waals surface area (Å²) >= 11 is 0. The summed E-state index contributed by atoms with van der Waals surface area (Å²) in [5, 5.41) is 70.8. The van der Waals surface area contributed by atoms with Gasteiger partial charge < -0.3 is 54.7 Å². The first-order chi connectivity index (χ1) is 16.5. The average molecular weight is 493 g/mol. The Morgan fingerprint density at radius 1 is 0.971 bits per heavy atom. The van der Waals surface area contributed by atoms with Crippen LogP contribution in [-0.2, 0) is 19.0 Å². The van der Waals surface area contributed by atoms with Crippen LogP contribution in [0, 0.1) is 0 Å². The van der Waals surface area contributed by atoms with E-state index in [2.05, 4.69) is 4.74 Å². The van der Waals surface area contributed by atoms with Crippen LogP contribution >= 0.6 is 0 Å². The van der Waals surface area contributed by atoms with Crippen LogP contribution in [0.5, 0.6) is 28.7 Å². The summed E-state index contributed by atoms with van der Waals surface area (Å²) in [5.41, 5.74) is 0.516. The molecule has 1 saturated heterocycles. The number of hydrogen-bond acceptors (Lipinski definition) is 11. The first-order valence-corrected chi connectivity index (χ1v) is 10.5. The molecular weight excluding hydrogens is 468 g/mol. The number of benzene rings is 2. The van der Waals surface area contributed by atoms with Crippen LogP contribution in [0.3, 0.4) is 0 Å². The minimum Gasteiger partial charge on any atom is -0.571 e. The standard InChI is InChI=1S/C23H24O12/c1-9(24)32-8-18-19(29)20(30)21(31)23(35-18)34-17-7-12-14(27)5-11(25)6-16(12)33-22(17)10-2-3-13(26)15(28)4-10/h2-7,18-23,25-31H,8H2,1H3/p+1/t18-,19+,20+,21-,22?,23-/m1/s1. The Morgan fingerprint density at radius 2 is 1.71 bits per heavy atom. The Hall–Kier alpha value is -3.71. The summed E-state index contributed by atoms with van der Waals surface area (Å²) in [6.07, 6.45) is -7.40. The van der Waals surface area contributed by atoms with Crippen molar-refractivity contribution in [1.82, 2.24) is 0 Å². The molecular formula is C23H25O12+. The molecule has 0 aliphatic carbocycles. The fourth-order valence-corrected chi connectivity index (χ4v) is 3.82. The molecule has 2 aliphatic heterocycles. The van der Waals surface area contributed by atoms with Crippen molar-refractivity contribution in [2.24, 2.45) is 0 Å². The quantitative estimate of drug-likeness (QED) is 0.171. The number of carbonyl (C=O) groups excluding carboxylic acids is 1. The highest BCUT2D eigenvalue weighted by Gasteiger charge is 2.47. The monoisotopic (exact) mass is 493 g/mol. The van der Waals surface area contributed by atoms with Crippen molar-refractivity contribution in [1.29, 1.82) is 0 Å². The number of hydrogen-bond donors (Lipinski definition) is 7. The van der Waals surface area contributed by atoms with E-state index in [1.54, 1.807) is 0 Å². The molecule has 35 heavy (non-hydrogen) atoms. The Balaban J connectivity index is 1.69. The van der Waals surface area contributed by atoms with Crippen LogP contribution < -0.4 is 0 Å². The molecule has 188 valence electrons. The lowest BCUT2D eigenvalue weighted by Gasteiger charge is -2.40. The largest absolute Gasteiger partial charge is 0.571 e. The van der Waals surface area contributed by atoms with Crippen LogP contribution in [0.4, 0.5) is 0 Å². The number of phenols is 4. The van der Waals surface area contributed by atoms with E-state index in [4.69, 9.17) is 14.2 Å². The Kier molecular flexibility index (Phi) is 6.63. The van der Waals surface area contributed by atoms with Crippen molar-refractivity contribution in [2.45, 2.75) is 43.7 Å². The van der Waals surface area contributed by atoms with E-state index in [1.807, 2.05) is 0 Å². The normalized spacial score (nSPS) is 27.8. The molecule has 8 N–H and O–H groups in total. The highest BCUT2D eigenvalue weighted by atomic mass is 16.7. The molecule has 0 amide bonds. The molecule has 6 atom stereocenters. The number of phenolic OH excluding ortho intramolecular Hbond substituents is 4. The number of aliphatic hydroxyl groups is 4. The zero-order valence-electron chi connectivity index (χ0n) is 18.3. The van der Waals surface area contributed by atoms with Gasteiger partial charge in [0.05, 0.1) is 11.6 Å². The highest BCUT2D eigenvalue weighted by molar-refractivity contribution is 5.69. The lowest BCUT2D eigenvalue weighted by Crippen LogP contribution is -2.59. The zero-order valence-corrected chi connectivity index (χ0v) is 18.3. The smallest absolute Gasteiger partial charge is 0.302 e. The molecule has 0 bridgehead atoms. The average Bonchev–Trinajstić information content (AvgIpc) is 2.80. The third-order valence-corrected chi connectivity index (χ3v) is 5.63. The van der Waals surface area contributed by atoms with Crippen molar-refractivity contribution in [3.05, 3.63) is 47.2 Å². The van der Waals surface area contributed by atoms with Gasteiger partial charge in [-0.2, -0.15) is 0 Å². The molecule has 0 aromatic heterocycles. The van der Waals surface area contributed by atoms with Crippen LogP contribution in [0.1, 0.15) is 24.2 Å². The summed E-state index contributed by atoms with van der Waals surface area (Å²) in [5.74, 6) is -1.81. The van der Waals surface area contributed by atoms with E-state index in [1.165, 1.54) is 30.3 Å². The van der Waals surface area contributed by atoms with Gasteiger partial charge in [-0.05, 0) is 18.2 Å². The van der Waals surface area contributed by atoms with E-state index in [0.29, 0.717) is 5.56 Å². The summed E-state index contributed by atoms with van der Waals surface area (Å²) in [7, 11) is 0. The molecule has 12 nitrogen and oxygen atoms in total. The van der Waals surface area contributed by atoms with Gasteiger partial charge in [0.25, 0.3) is 11.9 Å². The second kappa shape index (κ2) is 9.50. The zero-order chi connectivity index (χ0) is 25.4. The van der Waals surface area contributed by atoms with E-state index < -0.39 is 55.1 Å². The fraction of sp³-hybridized carbons (Fsp3) is 0.348. The summed E-state index contributed by atoms with van der Waals surface area (Å²) in [6.45, 7) is 0.740. The molecule has 1 fully saturated rings. The maximum atomic E-state index is 11.2. The lowest BCUT2D eigenvalue weighted by atomic mass is 9.98. The first kappa shape index (κ1) is 24.4. The van der Waals surface area contributed by atoms with Crippen molar-refractivity contribution < 1.29 is 59.5 Å². The molecule has 12 heteroatoms. The van der Waals surface area contributed by atoms with Gasteiger partial charge in [0.2, 0.25) is 6.29 Å². The summed E-state index contributed by atoms with van der Waals surface area (Å²) < 4.78 is 20.7. The van der Waals surface area contributed by atoms with Gasteiger partial charge in [0, 0.05) is 19.1 Å². The second-order valence-corrected chi connectivity index (χ2v) is 8.16. The van der Waals surface area contributed by atoms with Crippen LogP contribution in [0.25, 0.3) is 6.08 Å². The third kappa shape index (κ3) is 4.91. The maximum Gasteiger partial charge on any atom is 0.302 e. The molecule has 2 heterocycles. The minimum absolute atomic E-state index is 0.00227. The van der Waals surface area contributed by atoms with Crippen LogP contribution in [-0.4, -0.2) is 83.8 Å². The lowest BCUT2D eigenvalue weighted by molar-refractivity contribution is -0.296. The van der Waals surface area contributed by atoms with Gasteiger partial charge in [-0.25, -0.2) is 0 Å². The van der Waals surface area contributed by atoms with Crippen molar-refractivity contribution >= 4 is 12.0 Å². The van der Waals surface area contributed by atoms with Crippen molar-refractivity contribution in [3.63, 3.8) is 0 Å². The molecule has 4 rings (SSSR count). The number of carbonyl (C=O) groups is 1. The van der Waals surface area contributed by atoms with Crippen molar-refractivity contribution in [3.8, 4) is 28.7 Å². The second-order valence-electron chi connectivity index (χ2n) is 8.16. The van der Waals surface area contributed by atoms with E-state index >= 15 is 0 Å². The van der Waals surface area contributed by atoms with Crippen LogP contribution in [0.2, 0.25) is 0 Å². The fourth-order valence-electron chi connectivity index (χ4n) is 3.82. The molecule has 0 spiro atoms. The minimum atomic E-state index is -1.72. The maximum absolute atomic E-state index is 11.2. The summed E-state index contributed by atoms with van der Waals surface area (Å²) in [6, 6.07) is 6.31. The van der Waals surface area contributed by atoms with Gasteiger partial charge in [-0.3, -0.25) is 4.79 Å². The molecule has 1 unspecified atom stereocenters. The molecule has 2 aromatic carbocycles. The number of rotatable bonds is 5. The highest BCUT2D eigenvalue weighted by Crippen LogP contribution is 2.46. The predicted molar refractivity (Wildman–Crippen MR) is 116 cm³/mol. The van der Waals surface area contributed by atoms with E-state index in [-0.39, 0.29) is 34.3 Å². The SMILES string of the molecule is CC(=O)OC[C@H]1O[C@@H](OC2=Cc3c(O)cc(O)cc3[OH+]C2c2ccc(O)c(O)c2)[C@H](O)[C@@H](O)[C@H]1O. The topological polar surface area (TPSA) is 199 Å². The van der Waals surface area contributed by atoms with Gasteiger partial charge in [0.1, 0.15) is 48.1 Å². The number of aromatic hydroxyl groups is 5. The Morgan fingerprint density at radius 3 is 2.40 bits per heavy atom. The van der Waals surface area contributed by atoms with Gasteiger partial charge in [0.15, 0.2) is 17.3 Å². The van der Waals surface area contributed by atoms with Gasteiger partial charge in [-0.15, -0.1) is 0 Å². The number of fused-ring (bicyclic) bond motifs is 1. The van der Waals surface area contributed by atoms with Crippen molar-refractivity contribution in [2.75, 3.05) is 6.61 Å². The summed E-state index contributed by atoms with van der Waals surface area (Å²) in [4.78, 5) is 11.2. The third-order valence-electron chi connectivity index (χ3n) is 5.63. The molecule has 2 aliphatic rings. The van der Waals surface area contributed by atoms with E-state index in [0.717, 1.165) is 13.0 Å². The Labute approximate surface area is 198 Å². The van der Waals surface area contributed by atoms with Gasteiger partial charge in [-0.1, -0.05) is 0 Å². The molecule has 0 saturated carbocycles. The predicted octanol–water partition coefficient (Wildman–Crippen LogP) is 0.233. The number of esters is 1. The van der Waals surface area contributed by atoms with E-state index in [9.17, 15) is 40.5 Å². The molecule has 0 radical (unpaired) electrons. The van der Waals surface area contributed by atoms with Gasteiger partial charge >= 0.3 is 5.97 Å². The Bertz CT molecular complexity index is 1150. The number of ether oxygens (including phenoxy) is 4. The number of aliphatic hydroxyl groups excluding tert-OH is 3. The first-order valence-electron chi connectivity index (χ1n) is 10.5.